The zero-order valence-electron chi connectivity index (χ0n) is 17.7. The van der Waals surface area contributed by atoms with Crippen LogP contribution in [0.25, 0.3) is 0 Å². The molecule has 2 N–H and O–H groups in total. The number of benzene rings is 1. The van der Waals surface area contributed by atoms with Gasteiger partial charge in [-0.2, -0.15) is 0 Å². The van der Waals surface area contributed by atoms with Crippen molar-refractivity contribution in [3.63, 3.8) is 0 Å². The second-order valence-corrected chi connectivity index (χ2v) is 9.76. The molecule has 1 spiro atoms. The van der Waals surface area contributed by atoms with Gasteiger partial charge in [0.15, 0.2) is 0 Å². The minimum atomic E-state index is 0.159. The van der Waals surface area contributed by atoms with E-state index in [2.05, 4.69) is 65.6 Å². The molecule has 2 heterocycles. The van der Waals surface area contributed by atoms with Gasteiger partial charge in [0.2, 0.25) is 0 Å². The Labute approximate surface area is 169 Å². The normalized spacial score (nSPS) is 28.6. The quantitative estimate of drug-likeness (QED) is 0.790. The van der Waals surface area contributed by atoms with Crippen molar-refractivity contribution in [2.45, 2.75) is 45.6 Å². The van der Waals surface area contributed by atoms with Crippen LogP contribution in [0.4, 0.5) is 10.5 Å². The van der Waals surface area contributed by atoms with Gasteiger partial charge in [-0.1, -0.05) is 26.0 Å². The highest BCUT2D eigenvalue weighted by Gasteiger charge is 2.57. The molecule has 1 saturated carbocycles. The number of amides is 2. The van der Waals surface area contributed by atoms with E-state index >= 15 is 0 Å². The molecule has 2 unspecified atom stereocenters. The Morgan fingerprint density at radius 1 is 1.21 bits per heavy atom. The lowest BCUT2D eigenvalue weighted by Gasteiger charge is -2.42. The predicted octanol–water partition coefficient (Wildman–Crippen LogP) is 3.42. The topological polar surface area (TPSA) is 47.6 Å². The van der Waals surface area contributed by atoms with E-state index < -0.39 is 0 Å². The maximum Gasteiger partial charge on any atom is 0.317 e. The summed E-state index contributed by atoms with van der Waals surface area (Å²) in [5.74, 6) is 1.34. The zero-order valence-corrected chi connectivity index (χ0v) is 17.7. The number of carbonyl (C=O) groups is 1. The van der Waals surface area contributed by atoms with Gasteiger partial charge >= 0.3 is 6.03 Å². The molecule has 154 valence electrons. The van der Waals surface area contributed by atoms with E-state index in [9.17, 15) is 4.79 Å². The van der Waals surface area contributed by atoms with E-state index in [0.29, 0.717) is 23.3 Å². The molecule has 1 aromatic rings. The van der Waals surface area contributed by atoms with Crippen molar-refractivity contribution in [3.05, 3.63) is 29.8 Å². The molecule has 2 atom stereocenters. The van der Waals surface area contributed by atoms with E-state index in [1.165, 1.54) is 17.7 Å². The number of likely N-dealkylation sites (tertiary alicyclic amines) is 1. The molecule has 0 radical (unpaired) electrons. The summed E-state index contributed by atoms with van der Waals surface area (Å²) in [6.07, 6.45) is 4.58. The lowest BCUT2D eigenvalue weighted by atomic mass is 9.94. The van der Waals surface area contributed by atoms with E-state index in [1.807, 2.05) is 0 Å². The monoisotopic (exact) mass is 384 g/mol. The molecule has 2 amide bonds. The molecule has 28 heavy (non-hydrogen) atoms. The number of nitrogens with zero attached hydrogens (tertiary/aromatic N) is 2. The Morgan fingerprint density at radius 2 is 1.93 bits per heavy atom. The Balaban J connectivity index is 1.33. The number of carbonyl (C=O) groups excluding carboxylic acids is 1. The molecule has 0 bridgehead atoms. The molecule has 4 rings (SSSR count). The van der Waals surface area contributed by atoms with Crippen LogP contribution >= 0.6 is 0 Å². The molecule has 3 aliphatic rings. The van der Waals surface area contributed by atoms with Gasteiger partial charge in [-0.25, -0.2) is 4.79 Å². The average molecular weight is 385 g/mol. The molecular weight excluding hydrogens is 348 g/mol. The number of piperidine rings is 1. The van der Waals surface area contributed by atoms with Crippen LogP contribution in [0.3, 0.4) is 0 Å². The second-order valence-electron chi connectivity index (χ2n) is 9.76. The molecular formula is C23H36N4O. The summed E-state index contributed by atoms with van der Waals surface area (Å²) in [6, 6.07) is 9.53. The zero-order chi connectivity index (χ0) is 19.7. The number of urea groups is 1. The Hall–Kier alpha value is -1.75. The van der Waals surface area contributed by atoms with Crippen LogP contribution in [-0.4, -0.2) is 61.6 Å². The fourth-order valence-electron chi connectivity index (χ4n) is 4.92. The predicted molar refractivity (Wildman–Crippen MR) is 115 cm³/mol. The molecule has 2 saturated heterocycles. The standard InChI is InChI=1S/C23H36N4O/c1-17(2)14-24-20-6-4-18(5-7-20)12-19-13-23(19)15-25-22(28)27(16-23)21-8-10-26(3)11-9-21/h4-7,17,19,21,24H,8-16H2,1-3H3,(H,25,28). The number of hydrogen-bond acceptors (Lipinski definition) is 3. The van der Waals surface area contributed by atoms with Crippen molar-refractivity contribution in [2.75, 3.05) is 45.1 Å². The van der Waals surface area contributed by atoms with Gasteiger partial charge in [0.05, 0.1) is 0 Å². The highest BCUT2D eigenvalue weighted by Crippen LogP contribution is 2.55. The Bertz CT molecular complexity index is 680. The summed E-state index contributed by atoms with van der Waals surface area (Å²) in [5.41, 5.74) is 2.92. The lowest BCUT2D eigenvalue weighted by Crippen LogP contribution is -2.58. The highest BCUT2D eigenvalue weighted by atomic mass is 16.2. The second kappa shape index (κ2) is 7.94. The molecule has 5 nitrogen and oxygen atoms in total. The fourth-order valence-corrected chi connectivity index (χ4v) is 4.92. The summed E-state index contributed by atoms with van der Waals surface area (Å²) in [4.78, 5) is 17.0. The largest absolute Gasteiger partial charge is 0.385 e. The van der Waals surface area contributed by atoms with E-state index in [0.717, 1.165) is 52.0 Å². The Kier molecular flexibility index (Phi) is 5.55. The minimum absolute atomic E-state index is 0.159. The van der Waals surface area contributed by atoms with E-state index in [1.54, 1.807) is 0 Å². The number of nitrogens with one attached hydrogen (secondary N) is 2. The summed E-state index contributed by atoms with van der Waals surface area (Å²) in [7, 11) is 2.18. The molecule has 5 heteroatoms. The van der Waals surface area contributed by atoms with Crippen LogP contribution in [-0.2, 0) is 6.42 Å². The minimum Gasteiger partial charge on any atom is -0.385 e. The summed E-state index contributed by atoms with van der Waals surface area (Å²) in [6.45, 7) is 9.47. The van der Waals surface area contributed by atoms with Crippen LogP contribution < -0.4 is 10.6 Å². The number of anilines is 1. The van der Waals surface area contributed by atoms with E-state index in [4.69, 9.17) is 0 Å². The van der Waals surface area contributed by atoms with Gasteiger partial charge in [-0.3, -0.25) is 0 Å². The number of hydrogen-bond donors (Lipinski definition) is 2. The van der Waals surface area contributed by atoms with Crippen molar-refractivity contribution >= 4 is 11.7 Å². The lowest BCUT2D eigenvalue weighted by molar-refractivity contribution is 0.0958. The van der Waals surface area contributed by atoms with Gasteiger partial charge in [-0.05, 0) is 75.4 Å². The van der Waals surface area contributed by atoms with Crippen LogP contribution in [0.1, 0.15) is 38.7 Å². The van der Waals surface area contributed by atoms with Gasteiger partial charge in [0, 0.05) is 36.8 Å². The van der Waals surface area contributed by atoms with Crippen LogP contribution in [0.15, 0.2) is 24.3 Å². The molecule has 0 aromatic heterocycles. The number of rotatable bonds is 6. The van der Waals surface area contributed by atoms with Crippen LogP contribution in [0.5, 0.6) is 0 Å². The van der Waals surface area contributed by atoms with Crippen molar-refractivity contribution in [1.29, 1.82) is 0 Å². The Morgan fingerprint density at radius 3 is 2.61 bits per heavy atom. The fraction of sp³-hybridized carbons (Fsp3) is 0.696. The van der Waals surface area contributed by atoms with Gasteiger partial charge < -0.3 is 20.4 Å². The first-order valence-corrected chi connectivity index (χ1v) is 11.0. The van der Waals surface area contributed by atoms with Crippen molar-refractivity contribution < 1.29 is 4.79 Å². The van der Waals surface area contributed by atoms with Crippen molar-refractivity contribution in [3.8, 4) is 0 Å². The summed E-state index contributed by atoms with van der Waals surface area (Å²) >= 11 is 0. The molecule has 1 aliphatic carbocycles. The van der Waals surface area contributed by atoms with Crippen molar-refractivity contribution in [1.82, 2.24) is 15.1 Å². The summed E-state index contributed by atoms with van der Waals surface area (Å²) in [5, 5.41) is 6.70. The summed E-state index contributed by atoms with van der Waals surface area (Å²) < 4.78 is 0. The first-order valence-electron chi connectivity index (χ1n) is 11.0. The van der Waals surface area contributed by atoms with Gasteiger partial charge in [0.25, 0.3) is 0 Å². The van der Waals surface area contributed by atoms with Gasteiger partial charge in [0.1, 0.15) is 0 Å². The smallest absolute Gasteiger partial charge is 0.317 e. The highest BCUT2D eigenvalue weighted by molar-refractivity contribution is 5.76. The van der Waals surface area contributed by atoms with Crippen molar-refractivity contribution in [2.24, 2.45) is 17.3 Å². The maximum absolute atomic E-state index is 12.5. The maximum atomic E-state index is 12.5. The van der Waals surface area contributed by atoms with Crippen LogP contribution in [0, 0.1) is 17.3 Å². The third-order valence-electron chi connectivity index (χ3n) is 6.98. The van der Waals surface area contributed by atoms with E-state index in [-0.39, 0.29) is 6.03 Å². The first-order chi connectivity index (χ1) is 13.4. The van der Waals surface area contributed by atoms with Gasteiger partial charge in [-0.15, -0.1) is 0 Å². The first kappa shape index (κ1) is 19.6. The molecule has 3 fully saturated rings. The third-order valence-corrected chi connectivity index (χ3v) is 6.98. The SMILES string of the molecule is CC(C)CNc1ccc(CC2CC23CNC(=O)N(C2CCN(C)CC2)C3)cc1. The average Bonchev–Trinajstić information content (AvgIpc) is 3.35. The molecule has 1 aromatic carbocycles. The van der Waals surface area contributed by atoms with Crippen LogP contribution in [0.2, 0.25) is 0 Å². The molecule has 2 aliphatic heterocycles. The third kappa shape index (κ3) is 4.29.